The molecular formula is C14H18N2O3S. The summed E-state index contributed by atoms with van der Waals surface area (Å²) in [6, 6.07) is 1.77. The van der Waals surface area contributed by atoms with Gasteiger partial charge in [-0.3, -0.25) is 9.59 Å². The van der Waals surface area contributed by atoms with Gasteiger partial charge in [-0.25, -0.2) is 0 Å². The van der Waals surface area contributed by atoms with Gasteiger partial charge in [0.2, 0.25) is 5.91 Å². The number of nitrogens with zero attached hydrogens (tertiary/aromatic N) is 1. The molecule has 0 aliphatic rings. The fourth-order valence-electron chi connectivity index (χ4n) is 1.54. The maximum Gasteiger partial charge on any atom is 0.265 e. The second kappa shape index (κ2) is 7.68. The van der Waals surface area contributed by atoms with Crippen LogP contribution in [0.5, 0.6) is 0 Å². The van der Waals surface area contributed by atoms with Gasteiger partial charge in [-0.2, -0.15) is 0 Å². The molecule has 0 fully saturated rings. The standard InChI is InChI=1S/C14H18N2O3S/c1-10(2)15-12(18)9-16(3)14(19)13-11(5-4-7-17)6-8-20-13/h6,8,10,17H,7,9H2,1-3H3,(H,15,18). The number of hydrogen-bond donors (Lipinski definition) is 2. The molecule has 0 spiro atoms. The smallest absolute Gasteiger partial charge is 0.265 e. The quantitative estimate of drug-likeness (QED) is 0.803. The topological polar surface area (TPSA) is 69.6 Å². The molecule has 0 saturated heterocycles. The molecule has 0 aliphatic carbocycles. The number of hydrogen-bond acceptors (Lipinski definition) is 4. The molecule has 0 atom stereocenters. The Morgan fingerprint density at radius 2 is 2.20 bits per heavy atom. The van der Waals surface area contributed by atoms with E-state index in [1.807, 2.05) is 13.8 Å². The minimum absolute atomic E-state index is 0.00177. The minimum Gasteiger partial charge on any atom is -0.384 e. The lowest BCUT2D eigenvalue weighted by atomic mass is 10.2. The van der Waals surface area contributed by atoms with Gasteiger partial charge in [0.25, 0.3) is 5.91 Å². The Balaban J connectivity index is 2.75. The normalized spacial score (nSPS) is 9.85. The summed E-state index contributed by atoms with van der Waals surface area (Å²) in [5, 5.41) is 13.2. The summed E-state index contributed by atoms with van der Waals surface area (Å²) >= 11 is 1.27. The summed E-state index contributed by atoms with van der Waals surface area (Å²) in [7, 11) is 1.57. The van der Waals surface area contributed by atoms with E-state index in [4.69, 9.17) is 5.11 Å². The fourth-order valence-corrected chi connectivity index (χ4v) is 2.38. The van der Waals surface area contributed by atoms with Crippen molar-refractivity contribution in [3.63, 3.8) is 0 Å². The van der Waals surface area contributed by atoms with Crippen molar-refractivity contribution in [1.82, 2.24) is 10.2 Å². The summed E-state index contributed by atoms with van der Waals surface area (Å²) in [6.07, 6.45) is 0. The Hall–Kier alpha value is -1.84. The van der Waals surface area contributed by atoms with Gasteiger partial charge in [0.15, 0.2) is 0 Å². The van der Waals surface area contributed by atoms with Gasteiger partial charge in [0.1, 0.15) is 11.5 Å². The number of aliphatic hydroxyl groups is 1. The van der Waals surface area contributed by atoms with E-state index in [0.29, 0.717) is 10.4 Å². The minimum atomic E-state index is -0.254. The Labute approximate surface area is 122 Å². The van der Waals surface area contributed by atoms with Gasteiger partial charge in [-0.05, 0) is 25.3 Å². The first kappa shape index (κ1) is 16.2. The van der Waals surface area contributed by atoms with Crippen molar-refractivity contribution in [3.05, 3.63) is 21.9 Å². The third kappa shape index (κ3) is 4.68. The zero-order chi connectivity index (χ0) is 15.1. The number of aliphatic hydroxyl groups excluding tert-OH is 1. The zero-order valence-corrected chi connectivity index (χ0v) is 12.6. The number of nitrogens with one attached hydrogen (secondary N) is 1. The van der Waals surface area contributed by atoms with Crippen LogP contribution >= 0.6 is 11.3 Å². The van der Waals surface area contributed by atoms with E-state index >= 15 is 0 Å². The maximum atomic E-state index is 12.2. The van der Waals surface area contributed by atoms with Crippen LogP contribution in [0.4, 0.5) is 0 Å². The third-order valence-electron chi connectivity index (χ3n) is 2.34. The van der Waals surface area contributed by atoms with Crippen molar-refractivity contribution < 1.29 is 14.7 Å². The molecule has 2 amide bonds. The summed E-state index contributed by atoms with van der Waals surface area (Å²) < 4.78 is 0. The van der Waals surface area contributed by atoms with E-state index < -0.39 is 0 Å². The highest BCUT2D eigenvalue weighted by Crippen LogP contribution is 2.17. The molecule has 108 valence electrons. The number of carbonyl (C=O) groups excluding carboxylic acids is 2. The van der Waals surface area contributed by atoms with Crippen molar-refractivity contribution in [2.24, 2.45) is 0 Å². The average Bonchev–Trinajstić information content (AvgIpc) is 2.82. The van der Waals surface area contributed by atoms with Gasteiger partial charge < -0.3 is 15.3 Å². The lowest BCUT2D eigenvalue weighted by Gasteiger charge is -2.17. The number of amides is 2. The molecule has 1 heterocycles. The molecule has 1 aromatic heterocycles. The van der Waals surface area contributed by atoms with Gasteiger partial charge in [-0.1, -0.05) is 11.8 Å². The first-order valence-electron chi connectivity index (χ1n) is 6.17. The van der Waals surface area contributed by atoms with Crippen LogP contribution in [0.25, 0.3) is 0 Å². The molecule has 0 aromatic carbocycles. The monoisotopic (exact) mass is 294 g/mol. The largest absolute Gasteiger partial charge is 0.384 e. The number of rotatable bonds is 4. The second-order valence-electron chi connectivity index (χ2n) is 4.51. The summed E-state index contributed by atoms with van der Waals surface area (Å²) in [5.74, 6) is 4.79. The highest BCUT2D eigenvalue weighted by Gasteiger charge is 2.18. The molecular weight excluding hydrogens is 276 g/mol. The lowest BCUT2D eigenvalue weighted by Crippen LogP contribution is -2.40. The number of carbonyl (C=O) groups is 2. The molecule has 0 aliphatic heterocycles. The molecule has 0 radical (unpaired) electrons. The van der Waals surface area contributed by atoms with Crippen LogP contribution < -0.4 is 5.32 Å². The van der Waals surface area contributed by atoms with Gasteiger partial charge in [0, 0.05) is 18.7 Å². The van der Waals surface area contributed by atoms with Crippen LogP contribution in [-0.2, 0) is 4.79 Å². The van der Waals surface area contributed by atoms with E-state index in [-0.39, 0.29) is 31.0 Å². The van der Waals surface area contributed by atoms with Crippen molar-refractivity contribution in [2.45, 2.75) is 19.9 Å². The zero-order valence-electron chi connectivity index (χ0n) is 11.8. The molecule has 5 nitrogen and oxygen atoms in total. The predicted octanol–water partition coefficient (Wildman–Crippen LogP) is 0.688. The van der Waals surface area contributed by atoms with Gasteiger partial charge in [-0.15, -0.1) is 11.3 Å². The van der Waals surface area contributed by atoms with Gasteiger partial charge in [0.05, 0.1) is 6.54 Å². The van der Waals surface area contributed by atoms with E-state index in [9.17, 15) is 9.59 Å². The van der Waals surface area contributed by atoms with Crippen LogP contribution in [0.1, 0.15) is 29.1 Å². The second-order valence-corrected chi connectivity index (χ2v) is 5.42. The number of thiophene rings is 1. The van der Waals surface area contributed by atoms with Crippen molar-refractivity contribution >= 4 is 23.2 Å². The molecule has 2 N–H and O–H groups in total. The predicted molar refractivity (Wildman–Crippen MR) is 78.5 cm³/mol. The number of likely N-dealkylation sites (N-methyl/N-ethyl adjacent to an activating group) is 1. The average molecular weight is 294 g/mol. The Bertz CT molecular complexity index is 540. The first-order valence-corrected chi connectivity index (χ1v) is 7.05. The highest BCUT2D eigenvalue weighted by molar-refractivity contribution is 7.12. The van der Waals surface area contributed by atoms with E-state index in [1.54, 1.807) is 18.5 Å². The maximum absolute atomic E-state index is 12.2. The Morgan fingerprint density at radius 3 is 2.80 bits per heavy atom. The van der Waals surface area contributed by atoms with E-state index in [1.165, 1.54) is 16.2 Å². The lowest BCUT2D eigenvalue weighted by molar-refractivity contribution is -0.122. The van der Waals surface area contributed by atoms with Crippen LogP contribution in [0, 0.1) is 11.8 Å². The van der Waals surface area contributed by atoms with Crippen LogP contribution in [0.3, 0.4) is 0 Å². The molecule has 6 heteroatoms. The molecule has 0 unspecified atom stereocenters. The fraction of sp³-hybridized carbons (Fsp3) is 0.429. The van der Waals surface area contributed by atoms with Crippen LogP contribution in [0.15, 0.2) is 11.4 Å². The SMILES string of the molecule is CC(C)NC(=O)CN(C)C(=O)c1sccc1C#CCO. The summed E-state index contributed by atoms with van der Waals surface area (Å²) in [4.78, 5) is 25.7. The Morgan fingerprint density at radius 1 is 1.50 bits per heavy atom. The van der Waals surface area contributed by atoms with Gasteiger partial charge >= 0.3 is 0 Å². The molecule has 1 rings (SSSR count). The first-order chi connectivity index (χ1) is 9.45. The summed E-state index contributed by atoms with van der Waals surface area (Å²) in [6.45, 7) is 3.47. The molecule has 0 saturated carbocycles. The highest BCUT2D eigenvalue weighted by atomic mass is 32.1. The summed E-state index contributed by atoms with van der Waals surface area (Å²) in [5.41, 5.74) is 0.574. The van der Waals surface area contributed by atoms with E-state index in [2.05, 4.69) is 17.2 Å². The molecule has 0 bridgehead atoms. The molecule has 1 aromatic rings. The Kier molecular flexibility index (Phi) is 6.22. The van der Waals surface area contributed by atoms with Crippen LogP contribution in [-0.4, -0.2) is 48.1 Å². The van der Waals surface area contributed by atoms with Crippen molar-refractivity contribution in [2.75, 3.05) is 20.2 Å². The van der Waals surface area contributed by atoms with Crippen molar-refractivity contribution in [1.29, 1.82) is 0 Å². The van der Waals surface area contributed by atoms with Crippen molar-refractivity contribution in [3.8, 4) is 11.8 Å². The van der Waals surface area contributed by atoms with Crippen LogP contribution in [0.2, 0.25) is 0 Å². The van der Waals surface area contributed by atoms with E-state index in [0.717, 1.165) is 0 Å². The molecule has 20 heavy (non-hydrogen) atoms. The third-order valence-corrected chi connectivity index (χ3v) is 3.24.